The van der Waals surface area contributed by atoms with Gasteiger partial charge in [-0.15, -0.1) is 0 Å². The van der Waals surface area contributed by atoms with Gasteiger partial charge in [0.25, 0.3) is 5.91 Å². The van der Waals surface area contributed by atoms with E-state index in [1.165, 1.54) is 0 Å². The van der Waals surface area contributed by atoms with Crippen LogP contribution in [0.15, 0.2) is 18.2 Å². The zero-order valence-electron chi connectivity index (χ0n) is 8.70. The van der Waals surface area contributed by atoms with E-state index in [0.717, 1.165) is 24.2 Å². The summed E-state index contributed by atoms with van der Waals surface area (Å²) >= 11 is 5.89. The van der Waals surface area contributed by atoms with Gasteiger partial charge in [-0.2, -0.15) is 0 Å². The van der Waals surface area contributed by atoms with E-state index >= 15 is 0 Å². The largest absolute Gasteiger partial charge is 0.480 e. The van der Waals surface area contributed by atoms with Gasteiger partial charge in [0.2, 0.25) is 0 Å². The number of nitrogens with one attached hydrogen (secondary N) is 1. The third-order valence-corrected chi connectivity index (χ3v) is 3.15. The van der Waals surface area contributed by atoms with Crippen molar-refractivity contribution in [3.8, 4) is 5.75 Å². The van der Waals surface area contributed by atoms with Gasteiger partial charge in [0, 0.05) is 17.5 Å². The second-order valence-corrected chi connectivity index (χ2v) is 4.78. The standard InChI is InChI=1S/C12H12ClNO2/c13-8-1-4-10-7(5-8)6-11(16-10)12(15)14-9-2-3-9/h1,4-5,9,11H,2-3,6H2,(H,14,15). The second kappa shape index (κ2) is 3.67. The molecule has 1 aliphatic carbocycles. The molecule has 0 bridgehead atoms. The highest BCUT2D eigenvalue weighted by atomic mass is 35.5. The number of carbonyl (C=O) groups is 1. The molecule has 0 spiro atoms. The van der Waals surface area contributed by atoms with Gasteiger partial charge >= 0.3 is 0 Å². The highest BCUT2D eigenvalue weighted by Gasteiger charge is 2.32. The quantitative estimate of drug-likeness (QED) is 0.854. The van der Waals surface area contributed by atoms with Gasteiger partial charge in [0.1, 0.15) is 5.75 Å². The molecule has 16 heavy (non-hydrogen) atoms. The summed E-state index contributed by atoms with van der Waals surface area (Å²) in [7, 11) is 0. The number of ether oxygens (including phenoxy) is 1. The molecule has 1 aromatic carbocycles. The van der Waals surface area contributed by atoms with Crippen LogP contribution < -0.4 is 10.1 Å². The van der Waals surface area contributed by atoms with Crippen molar-refractivity contribution in [1.29, 1.82) is 0 Å². The third kappa shape index (κ3) is 1.87. The summed E-state index contributed by atoms with van der Waals surface area (Å²) in [4.78, 5) is 11.8. The number of fused-ring (bicyclic) bond motifs is 1. The van der Waals surface area contributed by atoms with E-state index in [4.69, 9.17) is 16.3 Å². The van der Waals surface area contributed by atoms with Crippen LogP contribution in [0.2, 0.25) is 5.02 Å². The van der Waals surface area contributed by atoms with Crippen molar-refractivity contribution in [2.45, 2.75) is 31.4 Å². The van der Waals surface area contributed by atoms with E-state index in [0.29, 0.717) is 17.5 Å². The minimum absolute atomic E-state index is 0.00479. The Hall–Kier alpha value is -1.22. The Morgan fingerprint density at radius 1 is 1.44 bits per heavy atom. The van der Waals surface area contributed by atoms with E-state index in [9.17, 15) is 4.79 Å². The van der Waals surface area contributed by atoms with Crippen LogP contribution in [0.1, 0.15) is 18.4 Å². The smallest absolute Gasteiger partial charge is 0.261 e. The molecule has 1 aromatic rings. The first-order chi connectivity index (χ1) is 7.72. The average molecular weight is 238 g/mol. The Bertz CT molecular complexity index is 443. The Labute approximate surface area is 98.7 Å². The maximum atomic E-state index is 11.8. The highest BCUT2D eigenvalue weighted by molar-refractivity contribution is 6.30. The molecule has 0 aromatic heterocycles. The molecule has 3 nitrogen and oxygen atoms in total. The minimum Gasteiger partial charge on any atom is -0.480 e. The summed E-state index contributed by atoms with van der Waals surface area (Å²) in [6, 6.07) is 5.84. The predicted octanol–water partition coefficient (Wildman–Crippen LogP) is 1.92. The molecule has 1 unspecified atom stereocenters. The summed E-state index contributed by atoms with van der Waals surface area (Å²) < 4.78 is 5.58. The molecule has 1 amide bonds. The van der Waals surface area contributed by atoms with Crippen molar-refractivity contribution < 1.29 is 9.53 Å². The zero-order valence-corrected chi connectivity index (χ0v) is 9.46. The molecule has 0 radical (unpaired) electrons. The molecular formula is C12H12ClNO2. The van der Waals surface area contributed by atoms with Crippen LogP contribution in [0.5, 0.6) is 5.75 Å². The van der Waals surface area contributed by atoms with Crippen LogP contribution in [0, 0.1) is 0 Å². The monoisotopic (exact) mass is 237 g/mol. The molecule has 1 N–H and O–H groups in total. The predicted molar refractivity (Wildman–Crippen MR) is 60.7 cm³/mol. The van der Waals surface area contributed by atoms with Crippen molar-refractivity contribution in [3.05, 3.63) is 28.8 Å². The van der Waals surface area contributed by atoms with Gasteiger partial charge < -0.3 is 10.1 Å². The van der Waals surface area contributed by atoms with Crippen LogP contribution >= 0.6 is 11.6 Å². The van der Waals surface area contributed by atoms with Gasteiger partial charge in [-0.05, 0) is 36.6 Å². The summed E-state index contributed by atoms with van der Waals surface area (Å²) in [6.45, 7) is 0. The fourth-order valence-corrected chi connectivity index (χ4v) is 2.08. The maximum Gasteiger partial charge on any atom is 0.261 e. The van der Waals surface area contributed by atoms with Crippen LogP contribution in [-0.2, 0) is 11.2 Å². The molecular weight excluding hydrogens is 226 g/mol. The van der Waals surface area contributed by atoms with E-state index in [1.807, 2.05) is 12.1 Å². The third-order valence-electron chi connectivity index (χ3n) is 2.91. The molecule has 4 heteroatoms. The lowest BCUT2D eigenvalue weighted by molar-refractivity contribution is -0.127. The minimum atomic E-state index is -0.380. The molecule has 2 aliphatic rings. The highest BCUT2D eigenvalue weighted by Crippen LogP contribution is 2.31. The van der Waals surface area contributed by atoms with Crippen LogP contribution in [0.4, 0.5) is 0 Å². The number of halogens is 1. The Morgan fingerprint density at radius 2 is 2.25 bits per heavy atom. The summed E-state index contributed by atoms with van der Waals surface area (Å²) in [5, 5.41) is 3.63. The molecule has 84 valence electrons. The average Bonchev–Trinajstić information content (AvgIpc) is 2.95. The van der Waals surface area contributed by atoms with Crippen LogP contribution in [-0.4, -0.2) is 18.1 Å². The van der Waals surface area contributed by atoms with Gasteiger partial charge in [-0.25, -0.2) is 0 Å². The molecule has 1 aliphatic heterocycles. The van der Waals surface area contributed by atoms with Crippen molar-refractivity contribution in [3.63, 3.8) is 0 Å². The summed E-state index contributed by atoms with van der Waals surface area (Å²) in [5.74, 6) is 0.773. The number of hydrogen-bond acceptors (Lipinski definition) is 2. The van der Waals surface area contributed by atoms with Gasteiger partial charge in [-0.1, -0.05) is 11.6 Å². The second-order valence-electron chi connectivity index (χ2n) is 4.35. The Balaban J connectivity index is 1.71. The Kier molecular flexibility index (Phi) is 2.28. The molecule has 3 rings (SSSR count). The fourth-order valence-electron chi connectivity index (χ4n) is 1.89. The summed E-state index contributed by atoms with van der Waals surface area (Å²) in [5.41, 5.74) is 1.02. The molecule has 1 saturated carbocycles. The molecule has 1 fully saturated rings. The SMILES string of the molecule is O=C(NC1CC1)C1Cc2cc(Cl)ccc2O1. The van der Waals surface area contributed by atoms with Crippen molar-refractivity contribution >= 4 is 17.5 Å². The van der Waals surface area contributed by atoms with Crippen LogP contribution in [0.3, 0.4) is 0 Å². The number of rotatable bonds is 2. The van der Waals surface area contributed by atoms with Crippen LogP contribution in [0.25, 0.3) is 0 Å². The zero-order chi connectivity index (χ0) is 11.1. The molecule has 1 atom stereocenters. The lowest BCUT2D eigenvalue weighted by atomic mass is 10.1. The summed E-state index contributed by atoms with van der Waals surface area (Å²) in [6.07, 6.45) is 2.43. The van der Waals surface area contributed by atoms with Gasteiger partial charge in [0.15, 0.2) is 6.10 Å². The molecule has 1 heterocycles. The number of hydrogen-bond donors (Lipinski definition) is 1. The maximum absolute atomic E-state index is 11.8. The van der Waals surface area contributed by atoms with Crippen molar-refractivity contribution in [2.24, 2.45) is 0 Å². The lowest BCUT2D eigenvalue weighted by Gasteiger charge is -2.10. The topological polar surface area (TPSA) is 38.3 Å². The van der Waals surface area contributed by atoms with E-state index < -0.39 is 0 Å². The Morgan fingerprint density at radius 3 is 3.00 bits per heavy atom. The fraction of sp³-hybridized carbons (Fsp3) is 0.417. The first kappa shape index (κ1) is 9.97. The van der Waals surface area contributed by atoms with E-state index in [1.54, 1.807) is 6.07 Å². The first-order valence-corrected chi connectivity index (χ1v) is 5.85. The van der Waals surface area contributed by atoms with E-state index in [2.05, 4.69) is 5.32 Å². The normalized spacial score (nSPS) is 22.4. The number of benzene rings is 1. The van der Waals surface area contributed by atoms with E-state index in [-0.39, 0.29) is 12.0 Å². The van der Waals surface area contributed by atoms with Gasteiger partial charge in [-0.3, -0.25) is 4.79 Å². The van der Waals surface area contributed by atoms with Crippen molar-refractivity contribution in [1.82, 2.24) is 5.32 Å². The lowest BCUT2D eigenvalue weighted by Crippen LogP contribution is -2.38. The number of amides is 1. The van der Waals surface area contributed by atoms with Gasteiger partial charge in [0.05, 0.1) is 0 Å². The number of carbonyl (C=O) groups excluding carboxylic acids is 1. The molecule has 0 saturated heterocycles. The van der Waals surface area contributed by atoms with Crippen molar-refractivity contribution in [2.75, 3.05) is 0 Å². The first-order valence-electron chi connectivity index (χ1n) is 5.48.